The number of urea groups is 1. The summed E-state index contributed by atoms with van der Waals surface area (Å²) < 4.78 is 1.90. The highest BCUT2D eigenvalue weighted by atomic mass is 32.2. The van der Waals surface area contributed by atoms with Crippen LogP contribution in [0, 0.1) is 0 Å². The molecule has 1 saturated heterocycles. The lowest BCUT2D eigenvalue weighted by molar-refractivity contribution is 0.183. The first kappa shape index (κ1) is 16.2. The number of amides is 2. The SMILES string of the molecule is C[C@@H]1CCSCCN1C(=O)NCCc1nn(C)c2ccccc12. The molecule has 1 aliphatic rings. The van der Waals surface area contributed by atoms with Gasteiger partial charge in [-0.3, -0.25) is 4.68 Å². The smallest absolute Gasteiger partial charge is 0.317 e. The van der Waals surface area contributed by atoms with E-state index in [0.29, 0.717) is 12.6 Å². The van der Waals surface area contributed by atoms with Crippen molar-refractivity contribution in [2.75, 3.05) is 24.6 Å². The highest BCUT2D eigenvalue weighted by molar-refractivity contribution is 7.99. The average molecular weight is 332 g/mol. The number of thioether (sulfide) groups is 1. The highest BCUT2D eigenvalue weighted by Crippen LogP contribution is 2.18. The van der Waals surface area contributed by atoms with Gasteiger partial charge in [0.25, 0.3) is 0 Å². The van der Waals surface area contributed by atoms with Crippen molar-refractivity contribution in [3.8, 4) is 0 Å². The molecular weight excluding hydrogens is 308 g/mol. The van der Waals surface area contributed by atoms with Crippen LogP contribution in [0.25, 0.3) is 10.9 Å². The van der Waals surface area contributed by atoms with Gasteiger partial charge in [0.2, 0.25) is 0 Å². The normalized spacial score (nSPS) is 18.9. The van der Waals surface area contributed by atoms with Crippen LogP contribution in [0.15, 0.2) is 24.3 Å². The van der Waals surface area contributed by atoms with Crippen LogP contribution in [0.5, 0.6) is 0 Å². The molecule has 0 bridgehead atoms. The number of fused-ring (bicyclic) bond motifs is 1. The molecule has 3 rings (SSSR count). The van der Waals surface area contributed by atoms with Crippen molar-refractivity contribution in [3.63, 3.8) is 0 Å². The number of rotatable bonds is 3. The van der Waals surface area contributed by atoms with Gasteiger partial charge in [-0.2, -0.15) is 16.9 Å². The topological polar surface area (TPSA) is 50.2 Å². The molecule has 124 valence electrons. The Balaban J connectivity index is 1.59. The number of hydrogen-bond acceptors (Lipinski definition) is 3. The van der Waals surface area contributed by atoms with E-state index >= 15 is 0 Å². The second-order valence-electron chi connectivity index (χ2n) is 6.01. The zero-order valence-corrected chi connectivity index (χ0v) is 14.6. The number of carbonyl (C=O) groups is 1. The summed E-state index contributed by atoms with van der Waals surface area (Å²) in [5, 5.41) is 8.81. The van der Waals surface area contributed by atoms with Gasteiger partial charge in [0.15, 0.2) is 0 Å². The van der Waals surface area contributed by atoms with Crippen molar-refractivity contribution >= 4 is 28.7 Å². The number of para-hydroxylation sites is 1. The van der Waals surface area contributed by atoms with Crippen molar-refractivity contribution in [2.45, 2.75) is 25.8 Å². The summed E-state index contributed by atoms with van der Waals surface area (Å²) in [4.78, 5) is 14.4. The molecule has 0 saturated carbocycles. The molecular formula is C17H24N4OS. The van der Waals surface area contributed by atoms with E-state index in [-0.39, 0.29) is 6.03 Å². The van der Waals surface area contributed by atoms with Crippen LogP contribution in [0.4, 0.5) is 4.79 Å². The molecule has 2 heterocycles. The van der Waals surface area contributed by atoms with Gasteiger partial charge in [0, 0.05) is 43.7 Å². The molecule has 6 heteroatoms. The largest absolute Gasteiger partial charge is 0.338 e. The number of hydrogen-bond donors (Lipinski definition) is 1. The lowest BCUT2D eigenvalue weighted by Crippen LogP contribution is -2.46. The zero-order valence-electron chi connectivity index (χ0n) is 13.8. The fourth-order valence-corrected chi connectivity index (χ4v) is 4.10. The van der Waals surface area contributed by atoms with Gasteiger partial charge in [0.05, 0.1) is 11.2 Å². The maximum atomic E-state index is 12.4. The van der Waals surface area contributed by atoms with Gasteiger partial charge in [-0.05, 0) is 25.2 Å². The van der Waals surface area contributed by atoms with Crippen LogP contribution in [0.1, 0.15) is 19.0 Å². The molecule has 0 unspecified atom stereocenters. The number of benzene rings is 1. The van der Waals surface area contributed by atoms with Crippen molar-refractivity contribution in [2.24, 2.45) is 7.05 Å². The zero-order chi connectivity index (χ0) is 16.2. The quantitative estimate of drug-likeness (QED) is 0.940. The molecule has 1 N–H and O–H groups in total. The monoisotopic (exact) mass is 332 g/mol. The Morgan fingerprint density at radius 1 is 1.39 bits per heavy atom. The molecule has 2 amide bonds. The first-order valence-corrected chi connectivity index (χ1v) is 9.35. The van der Waals surface area contributed by atoms with Crippen molar-refractivity contribution in [1.82, 2.24) is 20.0 Å². The fraction of sp³-hybridized carbons (Fsp3) is 0.529. The van der Waals surface area contributed by atoms with E-state index in [1.165, 1.54) is 5.39 Å². The summed E-state index contributed by atoms with van der Waals surface area (Å²) in [6.45, 7) is 3.60. The first-order valence-electron chi connectivity index (χ1n) is 8.19. The summed E-state index contributed by atoms with van der Waals surface area (Å²) in [7, 11) is 1.96. The molecule has 2 aromatic rings. The Kier molecular flexibility index (Phi) is 5.10. The van der Waals surface area contributed by atoms with Crippen LogP contribution in [-0.2, 0) is 13.5 Å². The fourth-order valence-electron chi connectivity index (χ4n) is 3.06. The van der Waals surface area contributed by atoms with E-state index in [0.717, 1.165) is 42.1 Å². The molecule has 5 nitrogen and oxygen atoms in total. The molecule has 0 aliphatic carbocycles. The first-order chi connectivity index (χ1) is 11.2. The van der Waals surface area contributed by atoms with Crippen LogP contribution in [-0.4, -0.2) is 51.3 Å². The van der Waals surface area contributed by atoms with Gasteiger partial charge in [-0.1, -0.05) is 18.2 Å². The third kappa shape index (κ3) is 3.63. The molecule has 0 radical (unpaired) electrons. The number of aryl methyl sites for hydroxylation is 1. The minimum absolute atomic E-state index is 0.0558. The summed E-state index contributed by atoms with van der Waals surface area (Å²) in [5.74, 6) is 2.17. The second-order valence-corrected chi connectivity index (χ2v) is 7.24. The average Bonchev–Trinajstić information content (AvgIpc) is 2.72. The highest BCUT2D eigenvalue weighted by Gasteiger charge is 2.21. The number of carbonyl (C=O) groups excluding carboxylic acids is 1. The Bertz CT molecular complexity index is 684. The third-order valence-corrected chi connectivity index (χ3v) is 5.42. The Morgan fingerprint density at radius 3 is 3.09 bits per heavy atom. The minimum Gasteiger partial charge on any atom is -0.338 e. The predicted octanol–water partition coefficient (Wildman–Crippen LogP) is 2.65. The summed E-state index contributed by atoms with van der Waals surface area (Å²) in [6, 6.07) is 8.59. The molecule has 1 atom stereocenters. The number of aromatic nitrogens is 2. The standard InChI is InChI=1S/C17H24N4OS/c1-13-8-11-23-12-10-21(13)17(22)18-9-7-15-14-5-3-4-6-16(14)20(2)19-15/h3-6,13H,7-12H2,1-2H3,(H,18,22)/t13-/m1/s1. The van der Waals surface area contributed by atoms with Crippen LogP contribution >= 0.6 is 11.8 Å². The van der Waals surface area contributed by atoms with Gasteiger partial charge in [0.1, 0.15) is 0 Å². The Labute approximate surface area is 141 Å². The minimum atomic E-state index is 0.0558. The van der Waals surface area contributed by atoms with Crippen LogP contribution < -0.4 is 5.32 Å². The van der Waals surface area contributed by atoms with Gasteiger partial charge < -0.3 is 10.2 Å². The van der Waals surface area contributed by atoms with Gasteiger partial charge >= 0.3 is 6.03 Å². The Morgan fingerprint density at radius 2 is 2.22 bits per heavy atom. The van der Waals surface area contributed by atoms with E-state index in [2.05, 4.69) is 29.5 Å². The van der Waals surface area contributed by atoms with Crippen LogP contribution in [0.2, 0.25) is 0 Å². The predicted molar refractivity (Wildman–Crippen MR) is 95.9 cm³/mol. The molecule has 1 aromatic carbocycles. The Hall–Kier alpha value is -1.69. The molecule has 1 fully saturated rings. The van der Waals surface area contributed by atoms with E-state index in [1.807, 2.05) is 40.5 Å². The lowest BCUT2D eigenvalue weighted by Gasteiger charge is -2.26. The van der Waals surface area contributed by atoms with Gasteiger partial charge in [-0.25, -0.2) is 4.79 Å². The van der Waals surface area contributed by atoms with Crippen molar-refractivity contribution in [3.05, 3.63) is 30.0 Å². The summed E-state index contributed by atoms with van der Waals surface area (Å²) >= 11 is 1.93. The number of nitrogens with one attached hydrogen (secondary N) is 1. The third-order valence-electron chi connectivity index (χ3n) is 4.42. The van der Waals surface area contributed by atoms with E-state index in [1.54, 1.807) is 0 Å². The van der Waals surface area contributed by atoms with Crippen molar-refractivity contribution in [1.29, 1.82) is 0 Å². The summed E-state index contributed by atoms with van der Waals surface area (Å²) in [6.07, 6.45) is 1.83. The van der Waals surface area contributed by atoms with Crippen molar-refractivity contribution < 1.29 is 4.79 Å². The molecule has 1 aromatic heterocycles. The second kappa shape index (κ2) is 7.25. The number of nitrogens with zero attached hydrogens (tertiary/aromatic N) is 3. The maximum absolute atomic E-state index is 12.4. The van der Waals surface area contributed by atoms with Crippen LogP contribution in [0.3, 0.4) is 0 Å². The molecule has 23 heavy (non-hydrogen) atoms. The van der Waals surface area contributed by atoms with E-state index in [4.69, 9.17) is 0 Å². The van der Waals surface area contributed by atoms with E-state index < -0.39 is 0 Å². The maximum Gasteiger partial charge on any atom is 0.317 e. The van der Waals surface area contributed by atoms with E-state index in [9.17, 15) is 4.79 Å². The summed E-state index contributed by atoms with van der Waals surface area (Å²) in [5.41, 5.74) is 2.18. The van der Waals surface area contributed by atoms with Gasteiger partial charge in [-0.15, -0.1) is 0 Å². The molecule has 0 spiro atoms. The lowest BCUT2D eigenvalue weighted by atomic mass is 10.1. The molecule has 1 aliphatic heterocycles.